The zero-order chi connectivity index (χ0) is 38.3. The molecule has 0 saturated carbocycles. The van der Waals surface area contributed by atoms with Gasteiger partial charge in [-0.2, -0.15) is 9.13 Å². The van der Waals surface area contributed by atoms with Crippen molar-refractivity contribution < 1.29 is 13.7 Å². The third kappa shape index (κ3) is 5.55. The molecule has 0 spiro atoms. The average molecular weight is 732 g/mol. The van der Waals surface area contributed by atoms with Crippen LogP contribution in [0.5, 0.6) is 11.5 Å². The highest BCUT2D eigenvalue weighted by Gasteiger charge is 2.25. The molecule has 0 unspecified atom stereocenters. The van der Waals surface area contributed by atoms with Crippen LogP contribution in [-0.2, 0) is 10.8 Å². The van der Waals surface area contributed by atoms with Crippen molar-refractivity contribution >= 4 is 54.8 Å². The van der Waals surface area contributed by atoms with Crippen molar-refractivity contribution in [2.45, 2.75) is 52.4 Å². The molecule has 0 saturated heterocycles. The smallest absolute Gasteiger partial charge is 0.255 e. The highest BCUT2D eigenvalue weighted by atomic mass is 16.5. The summed E-state index contributed by atoms with van der Waals surface area (Å²) in [6, 6.07) is 49.0. The van der Waals surface area contributed by atoms with Crippen molar-refractivity contribution in [3.05, 3.63) is 163 Å². The third-order valence-corrected chi connectivity index (χ3v) is 11.0. The first-order valence-corrected chi connectivity index (χ1v) is 19.3. The lowest BCUT2D eigenvalue weighted by Gasteiger charge is -2.21. The van der Waals surface area contributed by atoms with E-state index in [1.54, 1.807) is 0 Å². The number of furan rings is 1. The van der Waals surface area contributed by atoms with Gasteiger partial charge in [-0.3, -0.25) is 4.57 Å². The van der Waals surface area contributed by atoms with E-state index in [2.05, 4.69) is 183 Å². The fourth-order valence-corrected chi connectivity index (χ4v) is 8.08. The fraction of sp³-hybridized carbons (Fsp3) is 0.160. The van der Waals surface area contributed by atoms with Gasteiger partial charge >= 0.3 is 0 Å². The van der Waals surface area contributed by atoms with Crippen LogP contribution in [-0.4, -0.2) is 14.1 Å². The van der Waals surface area contributed by atoms with Crippen LogP contribution in [0.4, 0.5) is 0 Å². The molecular weight excluding hydrogens is 689 g/mol. The SMILES string of the molecule is CC(C)(C)c1cc(Oc2ccc3c4ccccc4n(-c4cc(C(C)(C)C)ccn4)c3c2)cc(-n2c[n+](-c3cccc4oc5ccccc5c34)c3ccccc32)c1. The maximum atomic E-state index is 6.88. The van der Waals surface area contributed by atoms with E-state index in [9.17, 15) is 0 Å². The van der Waals surface area contributed by atoms with Gasteiger partial charge in [0.2, 0.25) is 0 Å². The number of nitrogens with zero attached hydrogens (tertiary/aromatic N) is 4. The Kier molecular flexibility index (Phi) is 7.52. The molecule has 10 aromatic rings. The molecule has 6 heteroatoms. The Bertz CT molecular complexity index is 3150. The molecule has 4 heterocycles. The summed E-state index contributed by atoms with van der Waals surface area (Å²) in [7, 11) is 0. The molecule has 274 valence electrons. The summed E-state index contributed by atoms with van der Waals surface area (Å²) >= 11 is 0. The molecular formula is C50H43N4O2+. The first-order chi connectivity index (χ1) is 27.0. The van der Waals surface area contributed by atoms with Gasteiger partial charge < -0.3 is 9.15 Å². The van der Waals surface area contributed by atoms with Crippen molar-refractivity contribution in [3.63, 3.8) is 0 Å². The van der Waals surface area contributed by atoms with Crippen LogP contribution in [0.2, 0.25) is 0 Å². The summed E-state index contributed by atoms with van der Waals surface area (Å²) in [6.07, 6.45) is 4.11. The van der Waals surface area contributed by atoms with Gasteiger partial charge in [0.15, 0.2) is 11.0 Å². The van der Waals surface area contributed by atoms with Crippen molar-refractivity contribution in [2.24, 2.45) is 0 Å². The summed E-state index contributed by atoms with van der Waals surface area (Å²) in [4.78, 5) is 4.88. The van der Waals surface area contributed by atoms with E-state index < -0.39 is 0 Å². The lowest BCUT2D eigenvalue weighted by atomic mass is 9.86. The standard InChI is InChI=1S/C50H43N4O2/c1-49(2,3)32-24-25-51-47(28-32)54-40-16-9-7-14-37(40)38-23-22-35(30-44(38)54)55-36-27-33(50(4,5)6)26-34(29-36)52-31-53(42-18-11-10-17-41(42)52)43-19-13-21-46-48(43)39-15-8-12-20-45(39)56-46/h7-31H,1-6H3/q+1. The Labute approximate surface area is 325 Å². The molecule has 10 rings (SSSR count). The normalized spacial score (nSPS) is 12.5. The molecule has 56 heavy (non-hydrogen) atoms. The zero-order valence-corrected chi connectivity index (χ0v) is 32.5. The Morgan fingerprint density at radius 1 is 0.571 bits per heavy atom. The summed E-state index contributed by atoms with van der Waals surface area (Å²) in [5, 5.41) is 4.53. The molecule has 0 N–H and O–H groups in total. The second kappa shape index (κ2) is 12.4. The second-order valence-electron chi connectivity index (χ2n) is 16.8. The minimum absolute atomic E-state index is 0.00816. The van der Waals surface area contributed by atoms with Crippen LogP contribution < -0.4 is 9.30 Å². The summed E-state index contributed by atoms with van der Waals surface area (Å²) in [6.45, 7) is 13.5. The predicted octanol–water partition coefficient (Wildman–Crippen LogP) is 12.7. The van der Waals surface area contributed by atoms with Gasteiger partial charge in [0, 0.05) is 34.5 Å². The number of hydrogen-bond acceptors (Lipinski definition) is 3. The topological polar surface area (TPSA) is 49.0 Å². The fourth-order valence-electron chi connectivity index (χ4n) is 8.08. The van der Waals surface area contributed by atoms with Crippen LogP contribution in [0, 0.1) is 0 Å². The monoisotopic (exact) mass is 731 g/mol. The van der Waals surface area contributed by atoms with Gasteiger partial charge in [0.05, 0.1) is 16.4 Å². The Hall–Kier alpha value is -6.66. The van der Waals surface area contributed by atoms with Crippen LogP contribution in [0.25, 0.3) is 72.0 Å². The van der Waals surface area contributed by atoms with E-state index in [1.165, 1.54) is 16.5 Å². The van der Waals surface area contributed by atoms with Gasteiger partial charge in [-0.15, -0.1) is 0 Å². The van der Waals surface area contributed by atoms with Crippen molar-refractivity contribution in [1.82, 2.24) is 14.1 Å². The van der Waals surface area contributed by atoms with Crippen LogP contribution in [0.1, 0.15) is 52.7 Å². The van der Waals surface area contributed by atoms with E-state index >= 15 is 0 Å². The first-order valence-electron chi connectivity index (χ1n) is 19.3. The van der Waals surface area contributed by atoms with Crippen molar-refractivity contribution in [3.8, 4) is 28.7 Å². The van der Waals surface area contributed by atoms with Gasteiger partial charge in [-0.25, -0.2) is 4.98 Å². The Morgan fingerprint density at radius 3 is 2.11 bits per heavy atom. The van der Waals surface area contributed by atoms with Crippen LogP contribution in [0.15, 0.2) is 156 Å². The largest absolute Gasteiger partial charge is 0.457 e. The maximum Gasteiger partial charge on any atom is 0.255 e. The molecule has 0 aliphatic carbocycles. The maximum absolute atomic E-state index is 6.88. The number of hydrogen-bond donors (Lipinski definition) is 0. The number of para-hydroxylation sites is 4. The lowest BCUT2D eigenvalue weighted by Crippen LogP contribution is -2.29. The third-order valence-electron chi connectivity index (χ3n) is 11.0. The molecule has 4 aromatic heterocycles. The summed E-state index contributed by atoms with van der Waals surface area (Å²) in [5.74, 6) is 2.43. The number of benzene rings is 6. The highest BCUT2D eigenvalue weighted by Crippen LogP contribution is 2.38. The number of rotatable bonds is 5. The molecule has 6 nitrogen and oxygen atoms in total. The van der Waals surface area contributed by atoms with E-state index in [-0.39, 0.29) is 10.8 Å². The first kappa shape index (κ1) is 33.9. The summed E-state index contributed by atoms with van der Waals surface area (Å²) in [5.41, 5.74) is 10.5. The van der Waals surface area contributed by atoms with Crippen LogP contribution in [0.3, 0.4) is 0 Å². The van der Waals surface area contributed by atoms with Crippen molar-refractivity contribution in [2.75, 3.05) is 0 Å². The Morgan fingerprint density at radius 2 is 1.29 bits per heavy atom. The van der Waals surface area contributed by atoms with Gasteiger partial charge in [-0.1, -0.05) is 96.1 Å². The minimum Gasteiger partial charge on any atom is -0.457 e. The molecule has 0 fully saturated rings. The minimum atomic E-state index is -0.130. The van der Waals surface area contributed by atoms with Gasteiger partial charge in [-0.05, 0) is 94.8 Å². The second-order valence-corrected chi connectivity index (χ2v) is 16.8. The Balaban J connectivity index is 1.12. The number of aromatic nitrogens is 4. The quantitative estimate of drug-likeness (QED) is 0.166. The molecule has 0 aliphatic rings. The molecule has 0 radical (unpaired) electrons. The molecule has 0 atom stereocenters. The lowest BCUT2D eigenvalue weighted by molar-refractivity contribution is -0.566. The predicted molar refractivity (Wildman–Crippen MR) is 228 cm³/mol. The van der Waals surface area contributed by atoms with Crippen LogP contribution >= 0.6 is 0 Å². The zero-order valence-electron chi connectivity index (χ0n) is 32.5. The number of imidazole rings is 1. The number of pyridine rings is 1. The average Bonchev–Trinajstić information content (AvgIpc) is 3.87. The van der Waals surface area contributed by atoms with Crippen molar-refractivity contribution in [1.29, 1.82) is 0 Å². The molecule has 0 bridgehead atoms. The van der Waals surface area contributed by atoms with E-state index in [0.29, 0.717) is 0 Å². The number of fused-ring (bicyclic) bond motifs is 7. The molecule has 6 aromatic carbocycles. The summed E-state index contributed by atoms with van der Waals surface area (Å²) < 4.78 is 20.0. The van der Waals surface area contributed by atoms with E-state index in [0.717, 1.165) is 78.1 Å². The van der Waals surface area contributed by atoms with E-state index in [1.807, 2.05) is 24.4 Å². The molecule has 0 aliphatic heterocycles. The van der Waals surface area contributed by atoms with E-state index in [4.69, 9.17) is 14.1 Å². The van der Waals surface area contributed by atoms with Gasteiger partial charge in [0.25, 0.3) is 6.33 Å². The highest BCUT2D eigenvalue weighted by molar-refractivity contribution is 6.10. The number of ether oxygens (including phenoxy) is 1. The van der Waals surface area contributed by atoms with Gasteiger partial charge in [0.1, 0.15) is 39.9 Å². The molecule has 0 amide bonds.